The molecule has 0 N–H and O–H groups in total. The number of hydrogen-bond donors (Lipinski definition) is 0. The fourth-order valence-corrected chi connectivity index (χ4v) is 9.68. The van der Waals surface area contributed by atoms with Crippen molar-refractivity contribution < 1.29 is 0 Å². The number of fused-ring (bicyclic) bond motifs is 12. The zero-order chi connectivity index (χ0) is 40.5. The molecule has 0 atom stereocenters. The van der Waals surface area contributed by atoms with Crippen molar-refractivity contribution in [3.8, 4) is 51.0 Å². The lowest BCUT2D eigenvalue weighted by Gasteiger charge is -2.21. The molecule has 0 saturated heterocycles. The third kappa shape index (κ3) is 5.34. The summed E-state index contributed by atoms with van der Waals surface area (Å²) in [5, 5.41) is 9.43. The van der Waals surface area contributed by atoms with E-state index >= 15 is 0 Å². The molecule has 2 aromatic heterocycles. The minimum absolute atomic E-state index is 0.0823. The molecule has 9 aromatic carbocycles. The summed E-state index contributed by atoms with van der Waals surface area (Å²) in [6.07, 6.45) is 0. The lowest BCUT2D eigenvalue weighted by atomic mass is 9.82. The van der Waals surface area contributed by atoms with Crippen LogP contribution in [0.3, 0.4) is 0 Å². The van der Waals surface area contributed by atoms with Gasteiger partial charge in [-0.3, -0.25) is 4.57 Å². The highest BCUT2D eigenvalue weighted by Crippen LogP contribution is 2.51. The third-order valence-electron chi connectivity index (χ3n) is 12.4. The average Bonchev–Trinajstić information content (AvgIpc) is 3.79. The van der Waals surface area contributed by atoms with Gasteiger partial charge in [0.25, 0.3) is 0 Å². The lowest BCUT2D eigenvalue weighted by Crippen LogP contribution is -2.14. The summed E-state index contributed by atoms with van der Waals surface area (Å²) in [5.74, 6) is 1.84. The maximum Gasteiger partial charge on any atom is 0.238 e. The Morgan fingerprint density at radius 1 is 0.383 bits per heavy atom. The Hall–Kier alpha value is -7.43. The highest BCUT2D eigenvalue weighted by atomic mass is 15.2. The van der Waals surface area contributed by atoms with Crippen molar-refractivity contribution in [1.29, 1.82) is 0 Å². The number of benzene rings is 9. The molecular weight excluding hydrogens is 729 g/mol. The zero-order valence-corrected chi connectivity index (χ0v) is 34.1. The van der Waals surface area contributed by atoms with Gasteiger partial charge in [-0.05, 0) is 66.9 Å². The van der Waals surface area contributed by atoms with Gasteiger partial charge in [0.2, 0.25) is 5.95 Å². The largest absolute Gasteiger partial charge is 0.277 e. The van der Waals surface area contributed by atoms with Crippen LogP contribution in [0.25, 0.3) is 105 Å². The molecule has 60 heavy (non-hydrogen) atoms. The standard InChI is InChI=1S/C54H36N4.C2H6/c1-54(2)46-26-13-12-21-41(46)45-32-36(29-30-47(45)54)38-24-14-25-44-48-42-22-10-8-19-39(42)40-20-9-11-23-43(40)50(48)58(49(38)44)53-56-51(34-16-4-3-5-17-34)55-52(57-53)37-28-27-33-15-6-7-18-35(33)31-37;1-2/h3-32H,1-2H3;1-2H3. The van der Waals surface area contributed by atoms with E-state index in [9.17, 15) is 0 Å². The van der Waals surface area contributed by atoms with Crippen molar-refractivity contribution in [3.63, 3.8) is 0 Å². The normalized spacial score (nSPS) is 12.8. The number of hydrogen-bond acceptors (Lipinski definition) is 3. The smallest absolute Gasteiger partial charge is 0.238 e. The molecule has 11 aromatic rings. The Labute approximate surface area is 349 Å². The van der Waals surface area contributed by atoms with Crippen LogP contribution in [0.2, 0.25) is 0 Å². The van der Waals surface area contributed by atoms with Gasteiger partial charge in [0.05, 0.1) is 11.0 Å². The average molecular weight is 771 g/mol. The van der Waals surface area contributed by atoms with Gasteiger partial charge in [-0.1, -0.05) is 198 Å². The van der Waals surface area contributed by atoms with Gasteiger partial charge in [-0.15, -0.1) is 0 Å². The first-order chi connectivity index (χ1) is 29.5. The molecule has 0 fully saturated rings. The molecule has 4 nitrogen and oxygen atoms in total. The first-order valence-corrected chi connectivity index (χ1v) is 21.0. The quantitative estimate of drug-likeness (QED) is 0.167. The highest BCUT2D eigenvalue weighted by molar-refractivity contribution is 6.33. The van der Waals surface area contributed by atoms with Crippen LogP contribution >= 0.6 is 0 Å². The van der Waals surface area contributed by atoms with E-state index < -0.39 is 0 Å². The van der Waals surface area contributed by atoms with Crippen molar-refractivity contribution >= 4 is 54.1 Å². The zero-order valence-electron chi connectivity index (χ0n) is 34.1. The Bertz CT molecular complexity index is 3490. The van der Waals surface area contributed by atoms with Crippen molar-refractivity contribution in [2.45, 2.75) is 33.1 Å². The molecule has 1 aliphatic rings. The molecule has 0 amide bonds. The van der Waals surface area contributed by atoms with Crippen LogP contribution in [0.1, 0.15) is 38.8 Å². The molecule has 1 aliphatic carbocycles. The van der Waals surface area contributed by atoms with E-state index in [4.69, 9.17) is 15.0 Å². The monoisotopic (exact) mass is 770 g/mol. The van der Waals surface area contributed by atoms with Gasteiger partial charge < -0.3 is 0 Å². The van der Waals surface area contributed by atoms with Crippen molar-refractivity contribution in [3.05, 3.63) is 193 Å². The summed E-state index contributed by atoms with van der Waals surface area (Å²) in [4.78, 5) is 16.0. The number of para-hydroxylation sites is 1. The molecule has 0 unspecified atom stereocenters. The van der Waals surface area contributed by atoms with Crippen LogP contribution < -0.4 is 0 Å². The molecule has 12 rings (SSSR count). The van der Waals surface area contributed by atoms with Gasteiger partial charge in [-0.2, -0.15) is 9.97 Å². The number of aromatic nitrogens is 4. The van der Waals surface area contributed by atoms with Crippen LogP contribution in [0.15, 0.2) is 182 Å². The second-order valence-corrected chi connectivity index (χ2v) is 16.0. The lowest BCUT2D eigenvalue weighted by molar-refractivity contribution is 0.660. The fraction of sp³-hybridized carbons (Fsp3) is 0.0893. The first kappa shape index (κ1) is 35.7. The Kier molecular flexibility index (Phi) is 8.25. The van der Waals surface area contributed by atoms with E-state index in [1.165, 1.54) is 49.2 Å². The molecule has 0 saturated carbocycles. The van der Waals surface area contributed by atoms with Crippen LogP contribution in [-0.4, -0.2) is 19.5 Å². The maximum absolute atomic E-state index is 5.45. The van der Waals surface area contributed by atoms with Crippen molar-refractivity contribution in [1.82, 2.24) is 19.5 Å². The van der Waals surface area contributed by atoms with E-state index in [2.05, 4.69) is 182 Å². The van der Waals surface area contributed by atoms with Crippen LogP contribution in [0, 0.1) is 0 Å². The first-order valence-electron chi connectivity index (χ1n) is 21.0. The summed E-state index contributed by atoms with van der Waals surface area (Å²) in [5.41, 5.74) is 11.5. The minimum atomic E-state index is -0.0823. The van der Waals surface area contributed by atoms with Gasteiger partial charge >= 0.3 is 0 Å². The predicted octanol–water partition coefficient (Wildman–Crippen LogP) is 14.8. The molecule has 2 heterocycles. The molecule has 4 heteroatoms. The molecule has 0 bridgehead atoms. The van der Waals surface area contributed by atoms with Crippen LogP contribution in [0.5, 0.6) is 0 Å². The Morgan fingerprint density at radius 3 is 1.77 bits per heavy atom. The molecule has 0 aliphatic heterocycles. The number of rotatable bonds is 4. The van der Waals surface area contributed by atoms with E-state index in [1.54, 1.807) is 0 Å². The minimum Gasteiger partial charge on any atom is -0.277 e. The second-order valence-electron chi connectivity index (χ2n) is 16.0. The predicted molar refractivity (Wildman–Crippen MR) is 252 cm³/mol. The number of nitrogens with zero attached hydrogens (tertiary/aromatic N) is 4. The SMILES string of the molecule is CC.CC1(C)c2ccccc2-c2cc(-c3cccc4c5c6ccccc6c6ccccc6c5n(-c5nc(-c6ccccc6)nc(-c6ccc7ccccc7c6)n5)c34)ccc21. The highest BCUT2D eigenvalue weighted by Gasteiger charge is 2.35. The summed E-state index contributed by atoms with van der Waals surface area (Å²) in [7, 11) is 0. The Morgan fingerprint density at radius 2 is 0.967 bits per heavy atom. The van der Waals surface area contributed by atoms with E-state index in [0.29, 0.717) is 17.6 Å². The fourth-order valence-electron chi connectivity index (χ4n) is 9.68. The topological polar surface area (TPSA) is 43.6 Å². The van der Waals surface area contributed by atoms with Crippen LogP contribution in [-0.2, 0) is 5.41 Å². The maximum atomic E-state index is 5.45. The van der Waals surface area contributed by atoms with E-state index in [1.807, 2.05) is 32.0 Å². The van der Waals surface area contributed by atoms with Gasteiger partial charge in [0, 0.05) is 38.3 Å². The van der Waals surface area contributed by atoms with Crippen molar-refractivity contribution in [2.24, 2.45) is 0 Å². The van der Waals surface area contributed by atoms with E-state index in [0.717, 1.165) is 49.4 Å². The molecule has 0 spiro atoms. The second kappa shape index (κ2) is 13.9. The molecular formula is C56H42N4. The third-order valence-corrected chi connectivity index (χ3v) is 12.4. The summed E-state index contributed by atoms with van der Waals surface area (Å²) >= 11 is 0. The van der Waals surface area contributed by atoms with Gasteiger partial charge in [0.1, 0.15) is 0 Å². The van der Waals surface area contributed by atoms with Crippen molar-refractivity contribution in [2.75, 3.05) is 0 Å². The summed E-state index contributed by atoms with van der Waals surface area (Å²) < 4.78 is 2.33. The van der Waals surface area contributed by atoms with Crippen LogP contribution in [0.4, 0.5) is 0 Å². The van der Waals surface area contributed by atoms with Gasteiger partial charge in [0.15, 0.2) is 11.6 Å². The molecule has 286 valence electrons. The summed E-state index contributed by atoms with van der Waals surface area (Å²) in [6.45, 7) is 8.68. The molecule has 0 radical (unpaired) electrons. The Balaban J connectivity index is 0.00000201. The summed E-state index contributed by atoms with van der Waals surface area (Å²) in [6, 6.07) is 65.4. The van der Waals surface area contributed by atoms with E-state index in [-0.39, 0.29) is 5.41 Å². The van der Waals surface area contributed by atoms with Gasteiger partial charge in [-0.25, -0.2) is 4.98 Å².